The molecule has 1 aliphatic heterocycles. The van der Waals surface area contributed by atoms with Gasteiger partial charge in [-0.2, -0.15) is 5.26 Å². The third-order valence-corrected chi connectivity index (χ3v) is 4.00. The van der Waals surface area contributed by atoms with Gasteiger partial charge >= 0.3 is 0 Å². The molecule has 1 atom stereocenters. The average molecular weight is 313 g/mol. The van der Waals surface area contributed by atoms with Gasteiger partial charge in [0.05, 0.1) is 25.3 Å². The van der Waals surface area contributed by atoms with Gasteiger partial charge in [0, 0.05) is 32.2 Å². The molecule has 3 rings (SSSR count). The largest absolute Gasteiger partial charge is 0.496 e. The van der Waals surface area contributed by atoms with Crippen molar-refractivity contribution < 1.29 is 9.47 Å². The summed E-state index contributed by atoms with van der Waals surface area (Å²) < 4.78 is 13.1. The number of hydrogen-bond donors (Lipinski definition) is 0. The zero-order valence-electron chi connectivity index (χ0n) is 13.3. The minimum Gasteiger partial charge on any atom is -0.496 e. The number of nitrogens with zero attached hydrogens (tertiary/aromatic N) is 5. The molecule has 7 heteroatoms. The number of morpholine rings is 1. The third kappa shape index (κ3) is 3.33. The molecule has 2 aromatic rings. The van der Waals surface area contributed by atoms with Crippen LogP contribution in [0.15, 0.2) is 24.5 Å². The lowest BCUT2D eigenvalue weighted by Crippen LogP contribution is -2.38. The van der Waals surface area contributed by atoms with E-state index in [-0.39, 0.29) is 6.10 Å². The molecule has 0 bridgehead atoms. The molecule has 0 unspecified atom stereocenters. The summed E-state index contributed by atoms with van der Waals surface area (Å²) in [5, 5.41) is 17.0. The lowest BCUT2D eigenvalue weighted by molar-refractivity contribution is -0.0387. The Balaban J connectivity index is 1.73. The number of aryl methyl sites for hydroxylation is 1. The van der Waals surface area contributed by atoms with E-state index in [4.69, 9.17) is 14.7 Å². The second kappa shape index (κ2) is 6.77. The molecular weight excluding hydrogens is 294 g/mol. The van der Waals surface area contributed by atoms with Gasteiger partial charge in [0.2, 0.25) is 0 Å². The Bertz CT molecular complexity index is 722. The Kier molecular flexibility index (Phi) is 4.55. The lowest BCUT2D eigenvalue weighted by atomic mass is 10.1. The first-order valence-electron chi connectivity index (χ1n) is 7.46. The SMILES string of the molecule is COc1cc(C#N)ccc1CN1CCO[C@@H](c2nncn2C)C1. The Morgan fingerprint density at radius 3 is 3.04 bits per heavy atom. The summed E-state index contributed by atoms with van der Waals surface area (Å²) in [5.74, 6) is 1.58. The van der Waals surface area contributed by atoms with Gasteiger partial charge in [0.15, 0.2) is 5.82 Å². The maximum Gasteiger partial charge on any atom is 0.163 e. The topological polar surface area (TPSA) is 76.2 Å². The third-order valence-electron chi connectivity index (χ3n) is 4.00. The fourth-order valence-electron chi connectivity index (χ4n) is 2.77. The minimum absolute atomic E-state index is 0.0828. The average Bonchev–Trinajstić information content (AvgIpc) is 3.01. The van der Waals surface area contributed by atoms with Gasteiger partial charge in [0.1, 0.15) is 18.2 Å². The number of hydrogen-bond acceptors (Lipinski definition) is 6. The number of rotatable bonds is 4. The summed E-state index contributed by atoms with van der Waals surface area (Å²) in [6.45, 7) is 2.98. The molecule has 1 aliphatic rings. The Hall–Kier alpha value is -2.43. The highest BCUT2D eigenvalue weighted by molar-refractivity contribution is 5.42. The summed E-state index contributed by atoms with van der Waals surface area (Å²) in [5.41, 5.74) is 1.66. The van der Waals surface area contributed by atoms with Crippen LogP contribution >= 0.6 is 0 Å². The van der Waals surface area contributed by atoms with Gasteiger partial charge < -0.3 is 14.0 Å². The molecule has 0 amide bonds. The first-order valence-corrected chi connectivity index (χ1v) is 7.46. The van der Waals surface area contributed by atoms with E-state index >= 15 is 0 Å². The van der Waals surface area contributed by atoms with Crippen molar-refractivity contribution >= 4 is 0 Å². The summed E-state index contributed by atoms with van der Waals surface area (Å²) in [6.07, 6.45) is 1.60. The molecule has 23 heavy (non-hydrogen) atoms. The van der Waals surface area contributed by atoms with Gasteiger partial charge in [-0.15, -0.1) is 10.2 Å². The molecule has 0 aliphatic carbocycles. The summed E-state index contributed by atoms with van der Waals surface area (Å²) in [6, 6.07) is 7.67. The molecule has 1 fully saturated rings. The van der Waals surface area contributed by atoms with Crippen LogP contribution in [0.1, 0.15) is 23.1 Å². The molecular formula is C16H19N5O2. The molecule has 1 saturated heterocycles. The van der Waals surface area contributed by atoms with Gasteiger partial charge in [-0.3, -0.25) is 4.90 Å². The minimum atomic E-state index is -0.0828. The molecule has 0 spiro atoms. The highest BCUT2D eigenvalue weighted by Crippen LogP contribution is 2.25. The van der Waals surface area contributed by atoms with Crippen molar-refractivity contribution in [3.8, 4) is 11.8 Å². The highest BCUT2D eigenvalue weighted by Gasteiger charge is 2.26. The fraction of sp³-hybridized carbons (Fsp3) is 0.438. The van der Waals surface area contributed by atoms with Crippen molar-refractivity contribution in [3.05, 3.63) is 41.5 Å². The zero-order chi connectivity index (χ0) is 16.2. The Morgan fingerprint density at radius 2 is 2.35 bits per heavy atom. The van der Waals surface area contributed by atoms with Crippen LogP contribution < -0.4 is 4.74 Å². The molecule has 0 radical (unpaired) electrons. The smallest absolute Gasteiger partial charge is 0.163 e. The first kappa shape index (κ1) is 15.5. The lowest BCUT2D eigenvalue weighted by Gasteiger charge is -2.32. The van der Waals surface area contributed by atoms with Crippen LogP contribution in [0.25, 0.3) is 0 Å². The van der Waals surface area contributed by atoms with Crippen molar-refractivity contribution in [2.45, 2.75) is 12.6 Å². The number of nitriles is 1. The standard InChI is InChI=1S/C16H19N5O2/c1-20-11-18-19-16(20)15-10-21(5-6-23-15)9-13-4-3-12(8-17)7-14(13)22-2/h3-4,7,11,15H,5-6,9-10H2,1-2H3/t15-/m1/s1. The van der Waals surface area contributed by atoms with E-state index in [2.05, 4.69) is 21.2 Å². The van der Waals surface area contributed by atoms with Crippen molar-refractivity contribution in [2.75, 3.05) is 26.8 Å². The van der Waals surface area contributed by atoms with Crippen LogP contribution in [-0.2, 0) is 18.3 Å². The predicted molar refractivity (Wildman–Crippen MR) is 82.7 cm³/mol. The van der Waals surface area contributed by atoms with E-state index in [0.29, 0.717) is 12.2 Å². The normalized spacial score (nSPS) is 18.6. The van der Waals surface area contributed by atoms with Crippen molar-refractivity contribution in [3.63, 3.8) is 0 Å². The molecule has 7 nitrogen and oxygen atoms in total. The fourth-order valence-corrected chi connectivity index (χ4v) is 2.77. The van der Waals surface area contributed by atoms with E-state index < -0.39 is 0 Å². The van der Waals surface area contributed by atoms with Crippen LogP contribution in [0.5, 0.6) is 5.75 Å². The maximum absolute atomic E-state index is 8.99. The molecule has 0 saturated carbocycles. The predicted octanol–water partition coefficient (Wildman–Crippen LogP) is 1.27. The van der Waals surface area contributed by atoms with Crippen molar-refractivity contribution in [1.29, 1.82) is 5.26 Å². The molecule has 120 valence electrons. The van der Waals surface area contributed by atoms with Crippen molar-refractivity contribution in [1.82, 2.24) is 19.7 Å². The van der Waals surface area contributed by atoms with Crippen LogP contribution in [0.3, 0.4) is 0 Å². The summed E-state index contributed by atoms with van der Waals surface area (Å²) in [7, 11) is 3.54. The number of benzene rings is 1. The first-order chi connectivity index (χ1) is 11.2. The summed E-state index contributed by atoms with van der Waals surface area (Å²) >= 11 is 0. The monoisotopic (exact) mass is 313 g/mol. The zero-order valence-corrected chi connectivity index (χ0v) is 13.3. The maximum atomic E-state index is 8.99. The van der Waals surface area contributed by atoms with Gasteiger partial charge in [-0.05, 0) is 12.1 Å². The van der Waals surface area contributed by atoms with Gasteiger partial charge in [-0.25, -0.2) is 0 Å². The van der Waals surface area contributed by atoms with Crippen LogP contribution in [0, 0.1) is 11.3 Å². The van der Waals surface area contributed by atoms with E-state index in [9.17, 15) is 0 Å². The highest BCUT2D eigenvalue weighted by atomic mass is 16.5. The van der Waals surface area contributed by atoms with Gasteiger partial charge in [-0.1, -0.05) is 6.07 Å². The number of ether oxygens (including phenoxy) is 2. The molecule has 2 heterocycles. The van der Waals surface area contributed by atoms with E-state index in [0.717, 1.165) is 36.8 Å². The van der Waals surface area contributed by atoms with E-state index in [1.807, 2.05) is 23.7 Å². The van der Waals surface area contributed by atoms with Crippen LogP contribution in [0.2, 0.25) is 0 Å². The quantitative estimate of drug-likeness (QED) is 0.846. The Morgan fingerprint density at radius 1 is 1.48 bits per heavy atom. The molecule has 1 aromatic carbocycles. The summed E-state index contributed by atoms with van der Waals surface area (Å²) in [4.78, 5) is 2.30. The van der Waals surface area contributed by atoms with Crippen LogP contribution in [0.4, 0.5) is 0 Å². The molecule has 1 aromatic heterocycles. The number of methoxy groups -OCH3 is 1. The second-order valence-electron chi connectivity index (χ2n) is 5.53. The second-order valence-corrected chi connectivity index (χ2v) is 5.53. The van der Waals surface area contributed by atoms with Crippen LogP contribution in [-0.4, -0.2) is 46.5 Å². The Labute approximate surface area is 135 Å². The van der Waals surface area contributed by atoms with Crippen molar-refractivity contribution in [2.24, 2.45) is 7.05 Å². The molecule has 0 N–H and O–H groups in total. The number of aromatic nitrogens is 3. The van der Waals surface area contributed by atoms with E-state index in [1.165, 1.54) is 0 Å². The van der Waals surface area contributed by atoms with Gasteiger partial charge in [0.25, 0.3) is 0 Å². The van der Waals surface area contributed by atoms with E-state index in [1.54, 1.807) is 19.5 Å².